The van der Waals surface area contributed by atoms with Crippen molar-refractivity contribution in [2.24, 2.45) is 0 Å². The fourth-order valence-corrected chi connectivity index (χ4v) is 3.44. The summed E-state index contributed by atoms with van der Waals surface area (Å²) >= 11 is 0. The van der Waals surface area contributed by atoms with E-state index < -0.39 is 0 Å². The molecule has 0 unspecified atom stereocenters. The van der Waals surface area contributed by atoms with E-state index in [1.54, 1.807) is 0 Å². The zero-order chi connectivity index (χ0) is 8.48. The third kappa shape index (κ3) is 2.68. The SMILES string of the molecule is CS(C)(C)C1CCC(O)CC1. The van der Waals surface area contributed by atoms with Crippen molar-refractivity contribution in [3.63, 3.8) is 0 Å². The van der Waals surface area contributed by atoms with Crippen LogP contribution in [0, 0.1) is 0 Å². The van der Waals surface area contributed by atoms with Crippen LogP contribution in [0.1, 0.15) is 25.7 Å². The Morgan fingerprint density at radius 3 is 1.82 bits per heavy atom. The van der Waals surface area contributed by atoms with Crippen LogP contribution in [0.25, 0.3) is 0 Å². The van der Waals surface area contributed by atoms with Crippen molar-refractivity contribution in [1.82, 2.24) is 0 Å². The van der Waals surface area contributed by atoms with Gasteiger partial charge in [0.05, 0.1) is 6.10 Å². The van der Waals surface area contributed by atoms with Crippen LogP contribution in [-0.4, -0.2) is 35.2 Å². The van der Waals surface area contributed by atoms with Gasteiger partial charge in [-0.05, 0) is 49.7 Å². The molecule has 0 atom stereocenters. The van der Waals surface area contributed by atoms with Gasteiger partial charge in [-0.1, -0.05) is 0 Å². The van der Waals surface area contributed by atoms with Gasteiger partial charge in [-0.3, -0.25) is 0 Å². The summed E-state index contributed by atoms with van der Waals surface area (Å²) in [4.78, 5) is 0. The molecule has 1 saturated carbocycles. The Bertz CT molecular complexity index is 120. The molecule has 0 aromatic carbocycles. The second kappa shape index (κ2) is 3.36. The van der Waals surface area contributed by atoms with Crippen LogP contribution in [-0.2, 0) is 0 Å². The Labute approximate surface area is 71.5 Å². The lowest BCUT2D eigenvalue weighted by Crippen LogP contribution is -2.25. The monoisotopic (exact) mass is 176 g/mol. The van der Waals surface area contributed by atoms with Gasteiger partial charge >= 0.3 is 0 Å². The summed E-state index contributed by atoms with van der Waals surface area (Å²) in [6, 6.07) is 0. The molecular weight excluding hydrogens is 156 g/mol. The molecule has 2 heteroatoms. The summed E-state index contributed by atoms with van der Waals surface area (Å²) in [6.07, 6.45) is 11.7. The Kier molecular flexibility index (Phi) is 2.87. The molecule has 1 N–H and O–H groups in total. The maximum absolute atomic E-state index is 9.30. The highest BCUT2D eigenvalue weighted by atomic mass is 32.3. The van der Waals surface area contributed by atoms with E-state index in [4.69, 9.17) is 0 Å². The standard InChI is InChI=1S/C9H20OS/c1-11(2,3)9-6-4-8(10)5-7-9/h8-10H,4-7H2,1-3H3. The van der Waals surface area contributed by atoms with Crippen molar-refractivity contribution in [2.75, 3.05) is 18.8 Å². The van der Waals surface area contributed by atoms with Gasteiger partial charge in [-0.2, -0.15) is 0 Å². The molecule has 1 nitrogen and oxygen atoms in total. The first-order chi connectivity index (χ1) is 5.00. The molecule has 0 saturated heterocycles. The highest BCUT2D eigenvalue weighted by Crippen LogP contribution is 2.47. The lowest BCUT2D eigenvalue weighted by molar-refractivity contribution is 0.132. The van der Waals surface area contributed by atoms with Crippen LogP contribution in [0.4, 0.5) is 0 Å². The minimum absolute atomic E-state index is 0.00741. The van der Waals surface area contributed by atoms with Gasteiger partial charge in [0, 0.05) is 0 Å². The highest BCUT2D eigenvalue weighted by Gasteiger charge is 2.25. The topological polar surface area (TPSA) is 20.2 Å². The van der Waals surface area contributed by atoms with Crippen LogP contribution < -0.4 is 0 Å². The molecule has 0 spiro atoms. The summed E-state index contributed by atoms with van der Waals surface area (Å²) < 4.78 is 0. The number of rotatable bonds is 1. The summed E-state index contributed by atoms with van der Waals surface area (Å²) in [5.74, 6) is 0. The van der Waals surface area contributed by atoms with Gasteiger partial charge in [-0.25, -0.2) is 10.0 Å². The van der Waals surface area contributed by atoms with E-state index in [9.17, 15) is 5.11 Å². The van der Waals surface area contributed by atoms with Crippen LogP contribution >= 0.6 is 10.0 Å². The molecule has 0 aliphatic heterocycles. The minimum Gasteiger partial charge on any atom is -0.393 e. The molecule has 1 aliphatic rings. The van der Waals surface area contributed by atoms with Crippen molar-refractivity contribution in [3.05, 3.63) is 0 Å². The van der Waals surface area contributed by atoms with Gasteiger partial charge < -0.3 is 5.11 Å². The lowest BCUT2D eigenvalue weighted by atomic mass is 9.97. The molecule has 1 aliphatic carbocycles. The Morgan fingerprint density at radius 2 is 1.45 bits per heavy atom. The average Bonchev–Trinajstić information content (AvgIpc) is 1.86. The molecule has 0 heterocycles. The second-order valence-corrected chi connectivity index (χ2v) is 8.89. The minimum atomic E-state index is -0.360. The first kappa shape index (κ1) is 9.40. The van der Waals surface area contributed by atoms with Crippen molar-refractivity contribution in [1.29, 1.82) is 0 Å². The molecule has 11 heavy (non-hydrogen) atoms. The van der Waals surface area contributed by atoms with Gasteiger partial charge in [0.15, 0.2) is 0 Å². The predicted octanol–water partition coefficient (Wildman–Crippen LogP) is 1.98. The number of hydrogen-bond acceptors (Lipinski definition) is 1. The van der Waals surface area contributed by atoms with E-state index >= 15 is 0 Å². The van der Waals surface area contributed by atoms with Crippen molar-refractivity contribution >= 4 is 10.0 Å². The quantitative estimate of drug-likeness (QED) is 0.648. The van der Waals surface area contributed by atoms with Crippen molar-refractivity contribution in [2.45, 2.75) is 37.0 Å². The first-order valence-electron chi connectivity index (χ1n) is 4.35. The van der Waals surface area contributed by atoms with Crippen molar-refractivity contribution < 1.29 is 5.11 Å². The maximum atomic E-state index is 9.30. The molecule has 68 valence electrons. The largest absolute Gasteiger partial charge is 0.393 e. The Hall–Kier alpha value is 0.310. The van der Waals surface area contributed by atoms with Crippen LogP contribution in [0.2, 0.25) is 0 Å². The van der Waals surface area contributed by atoms with Crippen LogP contribution in [0.15, 0.2) is 0 Å². The first-order valence-corrected chi connectivity index (χ1v) is 7.27. The summed E-state index contributed by atoms with van der Waals surface area (Å²) in [5.41, 5.74) is 0. The fraction of sp³-hybridized carbons (Fsp3) is 1.00. The predicted molar refractivity (Wildman–Crippen MR) is 53.6 cm³/mol. The van der Waals surface area contributed by atoms with Gasteiger partial charge in [0.25, 0.3) is 0 Å². The molecule has 0 bridgehead atoms. The summed E-state index contributed by atoms with van der Waals surface area (Å²) in [7, 11) is -0.360. The summed E-state index contributed by atoms with van der Waals surface area (Å²) in [5, 5.41) is 10.2. The van der Waals surface area contributed by atoms with Crippen molar-refractivity contribution in [3.8, 4) is 0 Å². The molecule has 0 amide bonds. The highest BCUT2D eigenvalue weighted by molar-refractivity contribution is 8.32. The van der Waals surface area contributed by atoms with E-state index in [0.29, 0.717) is 0 Å². The van der Waals surface area contributed by atoms with Gasteiger partial charge in [-0.15, -0.1) is 0 Å². The summed E-state index contributed by atoms with van der Waals surface area (Å²) in [6.45, 7) is 0. The third-order valence-electron chi connectivity index (χ3n) is 2.64. The number of aliphatic hydroxyl groups is 1. The molecular formula is C9H20OS. The average molecular weight is 176 g/mol. The van der Waals surface area contributed by atoms with E-state index in [-0.39, 0.29) is 16.1 Å². The second-order valence-electron chi connectivity index (χ2n) is 4.36. The molecule has 0 radical (unpaired) electrons. The van der Waals surface area contributed by atoms with E-state index in [0.717, 1.165) is 18.1 Å². The van der Waals surface area contributed by atoms with Gasteiger partial charge in [0.2, 0.25) is 0 Å². The maximum Gasteiger partial charge on any atom is 0.0541 e. The van der Waals surface area contributed by atoms with E-state index in [1.165, 1.54) is 12.8 Å². The number of hydrogen-bond donors (Lipinski definition) is 1. The van der Waals surface area contributed by atoms with E-state index in [2.05, 4.69) is 18.8 Å². The van der Waals surface area contributed by atoms with Gasteiger partial charge in [0.1, 0.15) is 0 Å². The molecule has 1 fully saturated rings. The zero-order valence-electron chi connectivity index (χ0n) is 7.84. The van der Waals surface area contributed by atoms with Crippen LogP contribution in [0.5, 0.6) is 0 Å². The van der Waals surface area contributed by atoms with E-state index in [1.807, 2.05) is 0 Å². The fourth-order valence-electron chi connectivity index (χ4n) is 1.75. The normalized spacial score (nSPS) is 35.3. The Morgan fingerprint density at radius 1 is 1.00 bits per heavy atom. The molecule has 0 aromatic rings. The van der Waals surface area contributed by atoms with Crippen LogP contribution in [0.3, 0.4) is 0 Å². The number of aliphatic hydroxyl groups excluding tert-OH is 1. The molecule has 1 rings (SSSR count). The zero-order valence-corrected chi connectivity index (χ0v) is 8.66. The molecule has 0 aromatic heterocycles. The lowest BCUT2D eigenvalue weighted by Gasteiger charge is -2.39. The smallest absolute Gasteiger partial charge is 0.0541 e. The Balaban J connectivity index is 2.39. The third-order valence-corrected chi connectivity index (χ3v) is 5.12.